The van der Waals surface area contributed by atoms with Gasteiger partial charge in [0.15, 0.2) is 5.82 Å². The van der Waals surface area contributed by atoms with Crippen molar-refractivity contribution in [3.63, 3.8) is 0 Å². The lowest BCUT2D eigenvalue weighted by Gasteiger charge is -2.11. The van der Waals surface area contributed by atoms with E-state index in [1.807, 2.05) is 0 Å². The molecule has 2 heterocycles. The monoisotopic (exact) mass is 386 g/mol. The minimum atomic E-state index is 0.668. The normalized spacial score (nSPS) is 11.1. The van der Waals surface area contributed by atoms with Gasteiger partial charge in [0, 0.05) is 13.1 Å². The molecule has 2 aromatic heterocycles. The molecule has 0 atom stereocenters. The molecular weight excluding hydrogens is 348 g/mol. The predicted molar refractivity (Wildman–Crippen MR) is 119 cm³/mol. The number of fused-ring (bicyclic) bond motifs is 1. The second-order valence-corrected chi connectivity index (χ2v) is 7.54. The van der Waals surface area contributed by atoms with Crippen molar-refractivity contribution < 1.29 is 0 Å². The molecule has 0 aliphatic heterocycles. The van der Waals surface area contributed by atoms with E-state index in [4.69, 9.17) is 0 Å². The Morgan fingerprint density at radius 3 is 2.00 bits per heavy atom. The van der Waals surface area contributed by atoms with E-state index in [1.165, 1.54) is 64.2 Å². The summed E-state index contributed by atoms with van der Waals surface area (Å²) in [5, 5.41) is 6.84. The SMILES string of the molecule is CCCCCCCCNc1nc(NCCCCCCCC)c2ncncc2n1. The summed E-state index contributed by atoms with van der Waals surface area (Å²) in [7, 11) is 0. The van der Waals surface area contributed by atoms with Crippen LogP contribution in [-0.2, 0) is 0 Å². The van der Waals surface area contributed by atoms with Crippen molar-refractivity contribution in [1.82, 2.24) is 19.9 Å². The maximum atomic E-state index is 4.67. The van der Waals surface area contributed by atoms with E-state index in [0.717, 1.165) is 42.8 Å². The zero-order valence-electron chi connectivity index (χ0n) is 17.8. The predicted octanol–water partition coefficient (Wildman–Crippen LogP) is 5.96. The lowest BCUT2D eigenvalue weighted by Crippen LogP contribution is -2.10. The topological polar surface area (TPSA) is 75.6 Å². The van der Waals surface area contributed by atoms with E-state index in [-0.39, 0.29) is 0 Å². The van der Waals surface area contributed by atoms with Crippen LogP contribution >= 0.6 is 0 Å². The molecule has 0 spiro atoms. The van der Waals surface area contributed by atoms with Crippen LogP contribution in [0.2, 0.25) is 0 Å². The Labute approximate surface area is 170 Å². The molecule has 6 nitrogen and oxygen atoms in total. The second-order valence-electron chi connectivity index (χ2n) is 7.54. The van der Waals surface area contributed by atoms with E-state index >= 15 is 0 Å². The molecule has 0 saturated heterocycles. The van der Waals surface area contributed by atoms with Gasteiger partial charge in [0.25, 0.3) is 0 Å². The molecule has 0 aliphatic carbocycles. The van der Waals surface area contributed by atoms with Crippen LogP contribution in [0.1, 0.15) is 90.9 Å². The van der Waals surface area contributed by atoms with Crippen LogP contribution < -0.4 is 10.6 Å². The summed E-state index contributed by atoms with van der Waals surface area (Å²) in [5.41, 5.74) is 1.58. The minimum Gasteiger partial charge on any atom is -0.368 e. The lowest BCUT2D eigenvalue weighted by molar-refractivity contribution is 0.616. The summed E-state index contributed by atoms with van der Waals surface area (Å²) < 4.78 is 0. The fourth-order valence-corrected chi connectivity index (χ4v) is 3.30. The van der Waals surface area contributed by atoms with Crippen molar-refractivity contribution in [1.29, 1.82) is 0 Å². The first-order valence-corrected chi connectivity index (χ1v) is 11.3. The van der Waals surface area contributed by atoms with E-state index in [2.05, 4.69) is 44.4 Å². The number of rotatable bonds is 16. The molecular formula is C22H38N6. The fraction of sp³-hybridized carbons (Fsp3) is 0.727. The third kappa shape index (κ3) is 8.36. The molecule has 2 aromatic rings. The Balaban J connectivity index is 1.82. The van der Waals surface area contributed by atoms with Gasteiger partial charge in [-0.15, -0.1) is 0 Å². The van der Waals surface area contributed by atoms with Crippen LogP contribution in [0.3, 0.4) is 0 Å². The quantitative estimate of drug-likeness (QED) is 0.346. The van der Waals surface area contributed by atoms with Gasteiger partial charge >= 0.3 is 0 Å². The number of aromatic nitrogens is 4. The van der Waals surface area contributed by atoms with Crippen molar-refractivity contribution in [2.24, 2.45) is 0 Å². The Morgan fingerprint density at radius 1 is 0.714 bits per heavy atom. The molecule has 0 bridgehead atoms. The molecule has 28 heavy (non-hydrogen) atoms. The summed E-state index contributed by atoms with van der Waals surface area (Å²) in [6.45, 7) is 6.32. The lowest BCUT2D eigenvalue weighted by atomic mass is 10.1. The molecule has 156 valence electrons. The zero-order valence-corrected chi connectivity index (χ0v) is 17.8. The number of unbranched alkanes of at least 4 members (excludes halogenated alkanes) is 10. The Hall–Kier alpha value is -1.98. The van der Waals surface area contributed by atoms with Gasteiger partial charge in [0.05, 0.1) is 6.20 Å². The molecule has 0 aliphatic rings. The van der Waals surface area contributed by atoms with Crippen molar-refractivity contribution in [2.75, 3.05) is 23.7 Å². The zero-order chi connectivity index (χ0) is 19.9. The van der Waals surface area contributed by atoms with Gasteiger partial charge < -0.3 is 10.6 Å². The molecule has 2 N–H and O–H groups in total. The molecule has 6 heteroatoms. The Bertz CT molecular complexity index is 661. The summed E-state index contributed by atoms with van der Waals surface area (Å²) in [6.07, 6.45) is 18.7. The highest BCUT2D eigenvalue weighted by molar-refractivity contribution is 5.85. The van der Waals surface area contributed by atoms with Crippen LogP contribution in [0.4, 0.5) is 11.8 Å². The van der Waals surface area contributed by atoms with Gasteiger partial charge in [-0.2, -0.15) is 4.98 Å². The Morgan fingerprint density at radius 2 is 1.32 bits per heavy atom. The van der Waals surface area contributed by atoms with Crippen molar-refractivity contribution in [3.8, 4) is 0 Å². The van der Waals surface area contributed by atoms with Crippen molar-refractivity contribution in [2.45, 2.75) is 90.9 Å². The molecule has 0 saturated carbocycles. The van der Waals surface area contributed by atoms with Crippen LogP contribution in [0.15, 0.2) is 12.5 Å². The maximum absolute atomic E-state index is 4.67. The van der Waals surface area contributed by atoms with Gasteiger partial charge in [-0.05, 0) is 12.8 Å². The maximum Gasteiger partial charge on any atom is 0.225 e. The molecule has 0 unspecified atom stereocenters. The highest BCUT2D eigenvalue weighted by Gasteiger charge is 2.08. The van der Waals surface area contributed by atoms with Crippen LogP contribution in [0.5, 0.6) is 0 Å². The van der Waals surface area contributed by atoms with Gasteiger partial charge in [0.1, 0.15) is 17.4 Å². The average Bonchev–Trinajstić information content (AvgIpc) is 2.72. The van der Waals surface area contributed by atoms with Crippen LogP contribution in [-0.4, -0.2) is 33.0 Å². The summed E-state index contributed by atoms with van der Waals surface area (Å²) in [5.74, 6) is 1.48. The third-order valence-electron chi connectivity index (χ3n) is 5.00. The number of nitrogens with one attached hydrogen (secondary N) is 2. The smallest absolute Gasteiger partial charge is 0.225 e. The number of hydrogen-bond donors (Lipinski definition) is 2. The number of nitrogens with zero attached hydrogens (tertiary/aromatic N) is 4. The molecule has 0 radical (unpaired) electrons. The summed E-state index contributed by atoms with van der Waals surface area (Å²) in [4.78, 5) is 17.7. The van der Waals surface area contributed by atoms with Crippen LogP contribution in [0.25, 0.3) is 11.0 Å². The first kappa shape index (κ1) is 22.3. The summed E-state index contributed by atoms with van der Waals surface area (Å²) in [6, 6.07) is 0. The van der Waals surface area contributed by atoms with Gasteiger partial charge in [-0.3, -0.25) is 0 Å². The van der Waals surface area contributed by atoms with Gasteiger partial charge in [0.2, 0.25) is 5.95 Å². The first-order chi connectivity index (χ1) is 13.8. The molecule has 0 fully saturated rings. The van der Waals surface area contributed by atoms with Gasteiger partial charge in [-0.25, -0.2) is 15.0 Å². The standard InChI is InChI=1S/C22H38N6/c1-3-5-7-9-11-13-15-24-21-20-19(17-23-18-26-20)27-22(28-21)25-16-14-12-10-8-6-4-2/h17-18H,3-16H2,1-2H3,(H2,24,25,27,28). The van der Waals surface area contributed by atoms with E-state index < -0.39 is 0 Å². The average molecular weight is 387 g/mol. The largest absolute Gasteiger partial charge is 0.368 e. The summed E-state index contributed by atoms with van der Waals surface area (Å²) >= 11 is 0. The second kappa shape index (κ2) is 14.1. The molecule has 0 amide bonds. The van der Waals surface area contributed by atoms with Gasteiger partial charge in [-0.1, -0.05) is 78.1 Å². The molecule has 0 aromatic carbocycles. The van der Waals surface area contributed by atoms with E-state index in [1.54, 1.807) is 12.5 Å². The Kier molecular flexibility index (Phi) is 11.2. The van der Waals surface area contributed by atoms with E-state index in [9.17, 15) is 0 Å². The van der Waals surface area contributed by atoms with E-state index in [0.29, 0.717) is 5.95 Å². The number of hydrogen-bond acceptors (Lipinski definition) is 6. The highest BCUT2D eigenvalue weighted by atomic mass is 15.2. The third-order valence-corrected chi connectivity index (χ3v) is 5.00. The van der Waals surface area contributed by atoms with Crippen molar-refractivity contribution in [3.05, 3.63) is 12.5 Å². The van der Waals surface area contributed by atoms with Crippen molar-refractivity contribution >= 4 is 22.8 Å². The van der Waals surface area contributed by atoms with Crippen LogP contribution in [0, 0.1) is 0 Å². The fourth-order valence-electron chi connectivity index (χ4n) is 3.30. The minimum absolute atomic E-state index is 0.668. The first-order valence-electron chi connectivity index (χ1n) is 11.3. The highest BCUT2D eigenvalue weighted by Crippen LogP contribution is 2.19. The number of anilines is 2. The molecule has 2 rings (SSSR count).